The Labute approximate surface area is 395 Å². The van der Waals surface area contributed by atoms with E-state index >= 15 is 0 Å². The average Bonchev–Trinajstić information content (AvgIpc) is 3.94. The van der Waals surface area contributed by atoms with Gasteiger partial charge in [-0.05, 0) is 111 Å². The molecule has 3 heteroatoms. The van der Waals surface area contributed by atoms with E-state index in [2.05, 4.69) is 264 Å². The van der Waals surface area contributed by atoms with Crippen LogP contribution in [0.5, 0.6) is 0 Å². The lowest BCUT2D eigenvalue weighted by Crippen LogP contribution is -1.95. The highest BCUT2D eigenvalue weighted by molar-refractivity contribution is 6.12. The molecule has 0 spiro atoms. The third kappa shape index (κ3) is 6.88. The summed E-state index contributed by atoms with van der Waals surface area (Å²) < 4.78 is 4.81. The first-order chi connectivity index (χ1) is 33.7. The molecule has 0 fully saturated rings. The van der Waals surface area contributed by atoms with Crippen LogP contribution in [0.3, 0.4) is 0 Å². The van der Waals surface area contributed by atoms with Gasteiger partial charge in [-0.25, -0.2) is 4.98 Å². The van der Waals surface area contributed by atoms with Crippen LogP contribution in [-0.4, -0.2) is 14.1 Å². The van der Waals surface area contributed by atoms with Gasteiger partial charge in [-0.15, -0.1) is 0 Å². The number of hydrogen-bond donors (Lipinski definition) is 0. The van der Waals surface area contributed by atoms with Crippen LogP contribution in [0.1, 0.15) is 0 Å². The van der Waals surface area contributed by atoms with E-state index in [4.69, 9.17) is 4.98 Å². The molecule has 3 heterocycles. The molecule has 13 aromatic rings. The van der Waals surface area contributed by atoms with Gasteiger partial charge in [-0.2, -0.15) is 0 Å². The third-order valence-electron chi connectivity index (χ3n) is 13.6. The zero-order valence-corrected chi connectivity index (χ0v) is 37.2. The van der Waals surface area contributed by atoms with Gasteiger partial charge in [0, 0.05) is 44.0 Å². The number of nitrogens with zero attached hydrogens (tertiary/aromatic N) is 3. The Bertz CT molecular complexity index is 3900. The number of rotatable bonds is 8. The molecule has 68 heavy (non-hydrogen) atoms. The molecule has 3 nitrogen and oxygen atoms in total. The van der Waals surface area contributed by atoms with Crippen LogP contribution in [0.25, 0.3) is 122 Å². The molecule has 0 saturated carbocycles. The van der Waals surface area contributed by atoms with Crippen LogP contribution in [0.2, 0.25) is 0 Å². The lowest BCUT2D eigenvalue weighted by atomic mass is 10.00. The standard InChI is InChI=1S/C65H43N3/c1-4-14-44(15-5-1)46-24-26-47(27-25-46)48-28-34-54(35-29-48)67-63-23-13-11-21-57(63)59-40-51(33-39-64(59)67)52-32-38-58-56-20-10-12-22-62(56)68(65(58)43-52)55-36-30-50(31-37-55)61-42-53(45-16-6-2-7-17-45)41-60(66-61)49-18-8-3-9-19-49/h1-43H. The molecule has 0 bridgehead atoms. The molecule has 0 N–H and O–H groups in total. The lowest BCUT2D eigenvalue weighted by molar-refractivity contribution is 1.18. The summed E-state index contributed by atoms with van der Waals surface area (Å²) >= 11 is 0. The first-order valence-corrected chi connectivity index (χ1v) is 23.3. The summed E-state index contributed by atoms with van der Waals surface area (Å²) in [6, 6.07) is 94.1. The highest BCUT2D eigenvalue weighted by Crippen LogP contribution is 2.39. The molecule has 0 saturated heterocycles. The molecule has 10 aromatic carbocycles. The van der Waals surface area contributed by atoms with E-state index in [9.17, 15) is 0 Å². The monoisotopic (exact) mass is 865 g/mol. The van der Waals surface area contributed by atoms with Gasteiger partial charge >= 0.3 is 0 Å². The van der Waals surface area contributed by atoms with E-state index in [-0.39, 0.29) is 0 Å². The van der Waals surface area contributed by atoms with E-state index in [1.807, 2.05) is 6.07 Å². The first kappa shape index (κ1) is 39.3. The van der Waals surface area contributed by atoms with Gasteiger partial charge in [0.2, 0.25) is 0 Å². The van der Waals surface area contributed by atoms with Gasteiger partial charge in [0.1, 0.15) is 0 Å². The van der Waals surface area contributed by atoms with Crippen LogP contribution in [0.15, 0.2) is 261 Å². The molecule has 0 radical (unpaired) electrons. The van der Waals surface area contributed by atoms with Crippen molar-refractivity contribution in [3.8, 4) is 78.4 Å². The maximum Gasteiger partial charge on any atom is 0.0715 e. The quantitative estimate of drug-likeness (QED) is 0.149. The number of aromatic nitrogens is 3. The van der Waals surface area contributed by atoms with Crippen LogP contribution in [-0.2, 0) is 0 Å². The second kappa shape index (κ2) is 16.4. The van der Waals surface area contributed by atoms with Gasteiger partial charge in [0.05, 0.1) is 33.5 Å². The molecule has 0 aliphatic rings. The third-order valence-corrected chi connectivity index (χ3v) is 13.6. The van der Waals surface area contributed by atoms with Crippen molar-refractivity contribution in [1.82, 2.24) is 14.1 Å². The van der Waals surface area contributed by atoms with E-state index < -0.39 is 0 Å². The molecule has 0 aliphatic carbocycles. The Morgan fingerprint density at radius 2 is 0.559 bits per heavy atom. The summed E-state index contributed by atoms with van der Waals surface area (Å²) in [5.41, 5.74) is 20.6. The van der Waals surface area contributed by atoms with Crippen molar-refractivity contribution in [1.29, 1.82) is 0 Å². The molecule has 13 rings (SSSR count). The summed E-state index contributed by atoms with van der Waals surface area (Å²) in [5.74, 6) is 0. The smallest absolute Gasteiger partial charge is 0.0715 e. The first-order valence-electron chi connectivity index (χ1n) is 23.3. The molecule has 0 amide bonds. The number of fused-ring (bicyclic) bond motifs is 6. The number of hydrogen-bond acceptors (Lipinski definition) is 1. The van der Waals surface area contributed by atoms with Crippen molar-refractivity contribution in [3.05, 3.63) is 261 Å². The van der Waals surface area contributed by atoms with E-state index in [0.29, 0.717) is 0 Å². The van der Waals surface area contributed by atoms with E-state index in [1.165, 1.54) is 82.6 Å². The highest BCUT2D eigenvalue weighted by Gasteiger charge is 2.17. The van der Waals surface area contributed by atoms with Gasteiger partial charge in [-0.1, -0.05) is 194 Å². The highest BCUT2D eigenvalue weighted by atomic mass is 15.0. The normalized spacial score (nSPS) is 11.5. The fourth-order valence-electron chi connectivity index (χ4n) is 10.2. The Balaban J connectivity index is 0.867. The molecular formula is C65H43N3. The van der Waals surface area contributed by atoms with Gasteiger partial charge in [0.25, 0.3) is 0 Å². The minimum atomic E-state index is 0.944. The van der Waals surface area contributed by atoms with Crippen molar-refractivity contribution >= 4 is 43.6 Å². The van der Waals surface area contributed by atoms with Crippen LogP contribution >= 0.6 is 0 Å². The fraction of sp³-hybridized carbons (Fsp3) is 0. The molecule has 0 unspecified atom stereocenters. The summed E-state index contributed by atoms with van der Waals surface area (Å²) in [7, 11) is 0. The number of pyridine rings is 1. The molecule has 0 aliphatic heterocycles. The maximum absolute atomic E-state index is 5.21. The average molecular weight is 866 g/mol. The Kier molecular flexibility index (Phi) is 9.50. The number of para-hydroxylation sites is 2. The fourth-order valence-corrected chi connectivity index (χ4v) is 10.2. The lowest BCUT2D eigenvalue weighted by Gasteiger charge is -2.12. The maximum atomic E-state index is 5.21. The Hall–Kier alpha value is -9.05. The van der Waals surface area contributed by atoms with Gasteiger partial charge in [0.15, 0.2) is 0 Å². The van der Waals surface area contributed by atoms with Crippen molar-refractivity contribution in [3.63, 3.8) is 0 Å². The Morgan fingerprint density at radius 1 is 0.206 bits per heavy atom. The van der Waals surface area contributed by atoms with Crippen molar-refractivity contribution in [2.75, 3.05) is 0 Å². The summed E-state index contributed by atoms with van der Waals surface area (Å²) in [6.45, 7) is 0. The molecule has 3 aromatic heterocycles. The zero-order chi connectivity index (χ0) is 45.0. The zero-order valence-electron chi connectivity index (χ0n) is 37.2. The van der Waals surface area contributed by atoms with Crippen LogP contribution in [0, 0.1) is 0 Å². The van der Waals surface area contributed by atoms with E-state index in [1.54, 1.807) is 0 Å². The summed E-state index contributed by atoms with van der Waals surface area (Å²) in [4.78, 5) is 5.21. The summed E-state index contributed by atoms with van der Waals surface area (Å²) in [5, 5.41) is 4.93. The molecular weight excluding hydrogens is 823 g/mol. The predicted octanol–water partition coefficient (Wildman–Crippen LogP) is 17.3. The van der Waals surface area contributed by atoms with E-state index in [0.717, 1.165) is 39.5 Å². The largest absolute Gasteiger partial charge is 0.309 e. The second-order valence-electron chi connectivity index (χ2n) is 17.6. The number of benzene rings is 10. The van der Waals surface area contributed by atoms with Crippen molar-refractivity contribution < 1.29 is 0 Å². The van der Waals surface area contributed by atoms with Crippen molar-refractivity contribution in [2.24, 2.45) is 0 Å². The SMILES string of the molecule is c1ccc(-c2ccc(-c3ccc(-n4c5ccccc5c5cc(-c6ccc7c8ccccc8n(-c8ccc(-c9cc(-c%10ccccc%10)cc(-c%10ccccc%10)n9)cc8)c7c6)ccc54)cc3)cc2)cc1. The van der Waals surface area contributed by atoms with Crippen molar-refractivity contribution in [2.45, 2.75) is 0 Å². The topological polar surface area (TPSA) is 22.8 Å². The van der Waals surface area contributed by atoms with Crippen LogP contribution in [0.4, 0.5) is 0 Å². The van der Waals surface area contributed by atoms with Crippen LogP contribution < -0.4 is 0 Å². The predicted molar refractivity (Wildman–Crippen MR) is 286 cm³/mol. The minimum Gasteiger partial charge on any atom is -0.309 e. The second-order valence-corrected chi connectivity index (χ2v) is 17.6. The Morgan fingerprint density at radius 3 is 1.13 bits per heavy atom. The summed E-state index contributed by atoms with van der Waals surface area (Å²) in [6.07, 6.45) is 0. The minimum absolute atomic E-state index is 0.944. The molecule has 318 valence electrons. The molecule has 0 atom stereocenters. The van der Waals surface area contributed by atoms with Gasteiger partial charge in [-0.3, -0.25) is 0 Å². The van der Waals surface area contributed by atoms with Gasteiger partial charge < -0.3 is 9.13 Å².